The van der Waals surface area contributed by atoms with E-state index in [1.54, 1.807) is 7.11 Å². The first-order valence-corrected chi connectivity index (χ1v) is 11.8. The highest BCUT2D eigenvalue weighted by atomic mass is 19.1. The van der Waals surface area contributed by atoms with Crippen molar-refractivity contribution >= 4 is 10.9 Å². The van der Waals surface area contributed by atoms with Gasteiger partial charge in [0, 0.05) is 36.3 Å². The number of aliphatic hydroxyl groups excluding tert-OH is 1. The van der Waals surface area contributed by atoms with E-state index in [2.05, 4.69) is 23.1 Å². The molecule has 1 aromatic heterocycles. The Morgan fingerprint density at radius 3 is 2.57 bits per heavy atom. The van der Waals surface area contributed by atoms with E-state index in [-0.39, 0.29) is 19.4 Å². The molecule has 1 unspecified atom stereocenters. The zero-order chi connectivity index (χ0) is 24.1. The maximum absolute atomic E-state index is 13.5. The van der Waals surface area contributed by atoms with Crippen LogP contribution in [-0.4, -0.2) is 28.2 Å². The number of rotatable bonds is 5. The molecule has 0 saturated carbocycles. The smallest absolute Gasteiger partial charge is 0.126 e. The molecule has 2 aliphatic heterocycles. The summed E-state index contributed by atoms with van der Waals surface area (Å²) < 4.78 is 40.5. The summed E-state index contributed by atoms with van der Waals surface area (Å²) in [5, 5.41) is 11.2. The quantitative estimate of drug-likeness (QED) is 0.435. The van der Waals surface area contributed by atoms with Gasteiger partial charge in [0.05, 0.1) is 12.6 Å². The number of halogens is 2. The standard InChI is InChI=1S/C28H26F2N2O3/c1-34-21-4-5-26-24(11-21)25-13-27-23-12-22(35-15-17-8-19(29)10-20(30)9-17)3-2-18(23)6-7-31(27)14-28(25)32(26)16-33/h2-5,8-12,27,33H,6-7,13-16H2,1H3. The fraction of sp³-hybridized carbons (Fsp3) is 0.286. The Kier molecular flexibility index (Phi) is 5.46. The molecule has 3 aromatic carbocycles. The SMILES string of the molecule is COc1ccc2c(c1)c1c(n2CO)CN2CCc3ccc(OCc4cc(F)cc(F)c4)cc3C2C1. The summed E-state index contributed by atoms with van der Waals surface area (Å²) in [6.07, 6.45) is 1.75. The number of aliphatic hydroxyl groups is 1. The number of ether oxygens (including phenoxy) is 2. The third-order valence-corrected chi connectivity index (χ3v) is 7.30. The molecule has 0 saturated heterocycles. The number of methoxy groups -OCH3 is 1. The van der Waals surface area contributed by atoms with Gasteiger partial charge in [-0.25, -0.2) is 8.78 Å². The average Bonchev–Trinajstić information content (AvgIpc) is 3.17. The number of fused-ring (bicyclic) bond motifs is 6. The molecule has 1 atom stereocenters. The lowest BCUT2D eigenvalue weighted by atomic mass is 9.85. The first kappa shape index (κ1) is 22.1. The Morgan fingerprint density at radius 2 is 1.80 bits per heavy atom. The average molecular weight is 477 g/mol. The van der Waals surface area contributed by atoms with Crippen LogP contribution in [0.2, 0.25) is 0 Å². The van der Waals surface area contributed by atoms with Crippen molar-refractivity contribution in [2.24, 2.45) is 0 Å². The second-order valence-electron chi connectivity index (χ2n) is 9.25. The molecular formula is C28H26F2N2O3. The van der Waals surface area contributed by atoms with Gasteiger partial charge in [0.2, 0.25) is 0 Å². The third kappa shape index (κ3) is 3.85. The molecule has 0 radical (unpaired) electrons. The lowest BCUT2D eigenvalue weighted by Crippen LogP contribution is -2.39. The van der Waals surface area contributed by atoms with Gasteiger partial charge in [-0.1, -0.05) is 6.07 Å². The highest BCUT2D eigenvalue weighted by molar-refractivity contribution is 5.87. The lowest BCUT2D eigenvalue weighted by Gasteiger charge is -2.41. The molecule has 4 aromatic rings. The molecule has 180 valence electrons. The van der Waals surface area contributed by atoms with Gasteiger partial charge in [0.25, 0.3) is 0 Å². The first-order valence-electron chi connectivity index (χ1n) is 11.8. The Bertz CT molecular complexity index is 1410. The third-order valence-electron chi connectivity index (χ3n) is 7.30. The van der Waals surface area contributed by atoms with Crippen LogP contribution in [0.25, 0.3) is 10.9 Å². The minimum Gasteiger partial charge on any atom is -0.497 e. The molecule has 6 rings (SSSR count). The summed E-state index contributed by atoms with van der Waals surface area (Å²) in [4.78, 5) is 2.46. The number of hydrogen-bond acceptors (Lipinski definition) is 4. The number of benzene rings is 3. The number of hydrogen-bond donors (Lipinski definition) is 1. The number of nitrogens with zero attached hydrogens (tertiary/aromatic N) is 2. The molecule has 0 fully saturated rings. The van der Waals surface area contributed by atoms with Crippen molar-refractivity contribution in [2.75, 3.05) is 13.7 Å². The maximum Gasteiger partial charge on any atom is 0.126 e. The summed E-state index contributed by atoms with van der Waals surface area (Å²) in [6.45, 7) is 1.72. The van der Waals surface area contributed by atoms with Crippen molar-refractivity contribution in [3.05, 3.63) is 94.2 Å². The fourth-order valence-electron chi connectivity index (χ4n) is 5.65. The topological polar surface area (TPSA) is 46.9 Å². The van der Waals surface area contributed by atoms with E-state index in [9.17, 15) is 13.9 Å². The van der Waals surface area contributed by atoms with Crippen LogP contribution < -0.4 is 9.47 Å². The van der Waals surface area contributed by atoms with Crippen molar-refractivity contribution in [3.8, 4) is 11.5 Å². The molecule has 5 nitrogen and oxygen atoms in total. The largest absolute Gasteiger partial charge is 0.497 e. The van der Waals surface area contributed by atoms with E-state index in [4.69, 9.17) is 9.47 Å². The predicted molar refractivity (Wildman–Crippen MR) is 128 cm³/mol. The summed E-state index contributed by atoms with van der Waals surface area (Å²) in [6, 6.07) is 15.7. The van der Waals surface area contributed by atoms with E-state index >= 15 is 0 Å². The summed E-state index contributed by atoms with van der Waals surface area (Å²) in [5.74, 6) is 0.259. The van der Waals surface area contributed by atoms with Gasteiger partial charge in [-0.3, -0.25) is 4.90 Å². The van der Waals surface area contributed by atoms with Gasteiger partial charge in [0.1, 0.15) is 36.5 Å². The molecule has 1 N–H and O–H groups in total. The van der Waals surface area contributed by atoms with E-state index in [1.807, 2.05) is 22.8 Å². The lowest BCUT2D eigenvalue weighted by molar-refractivity contribution is 0.145. The Morgan fingerprint density at radius 1 is 1.00 bits per heavy atom. The van der Waals surface area contributed by atoms with Crippen molar-refractivity contribution in [1.29, 1.82) is 0 Å². The second-order valence-corrected chi connectivity index (χ2v) is 9.25. The molecule has 0 amide bonds. The van der Waals surface area contributed by atoms with Crippen molar-refractivity contribution < 1.29 is 23.4 Å². The summed E-state index contributed by atoms with van der Waals surface area (Å²) in [5.41, 5.74) is 6.37. The molecule has 3 heterocycles. The second kappa shape index (κ2) is 8.66. The number of aromatic nitrogens is 1. The van der Waals surface area contributed by atoms with Gasteiger partial charge < -0.3 is 19.1 Å². The summed E-state index contributed by atoms with van der Waals surface area (Å²) in [7, 11) is 1.66. The van der Waals surface area contributed by atoms with Crippen molar-refractivity contribution in [1.82, 2.24) is 9.47 Å². The van der Waals surface area contributed by atoms with E-state index in [1.165, 1.54) is 28.8 Å². The Hall–Kier alpha value is -3.42. The minimum absolute atomic E-state index is 0.0636. The molecule has 7 heteroatoms. The van der Waals surface area contributed by atoms with Crippen LogP contribution in [0, 0.1) is 11.6 Å². The Labute approximate surface area is 202 Å². The maximum atomic E-state index is 13.5. The van der Waals surface area contributed by atoms with Crippen LogP contribution in [0.1, 0.15) is 34.0 Å². The zero-order valence-corrected chi connectivity index (χ0v) is 19.4. The zero-order valence-electron chi connectivity index (χ0n) is 19.4. The van der Waals surface area contributed by atoms with Crippen LogP contribution in [-0.2, 0) is 32.7 Å². The van der Waals surface area contributed by atoms with Crippen LogP contribution >= 0.6 is 0 Å². The van der Waals surface area contributed by atoms with E-state index < -0.39 is 11.6 Å². The van der Waals surface area contributed by atoms with Gasteiger partial charge >= 0.3 is 0 Å². The highest BCUT2D eigenvalue weighted by Crippen LogP contribution is 2.43. The van der Waals surface area contributed by atoms with Crippen molar-refractivity contribution in [3.63, 3.8) is 0 Å². The Balaban J connectivity index is 1.33. The van der Waals surface area contributed by atoms with Crippen LogP contribution in [0.5, 0.6) is 11.5 Å². The highest BCUT2D eigenvalue weighted by Gasteiger charge is 2.35. The van der Waals surface area contributed by atoms with E-state index in [0.29, 0.717) is 11.3 Å². The van der Waals surface area contributed by atoms with Gasteiger partial charge in [0.15, 0.2) is 0 Å². The minimum atomic E-state index is -0.610. The monoisotopic (exact) mass is 476 g/mol. The molecular weight excluding hydrogens is 450 g/mol. The first-order chi connectivity index (χ1) is 17.0. The van der Waals surface area contributed by atoms with E-state index in [0.717, 1.165) is 54.3 Å². The molecule has 0 aliphatic carbocycles. The van der Waals surface area contributed by atoms with Gasteiger partial charge in [-0.05, 0) is 77.6 Å². The molecule has 35 heavy (non-hydrogen) atoms. The molecule has 0 spiro atoms. The van der Waals surface area contributed by atoms with Crippen molar-refractivity contribution in [2.45, 2.75) is 38.8 Å². The van der Waals surface area contributed by atoms with Crippen LogP contribution in [0.3, 0.4) is 0 Å². The van der Waals surface area contributed by atoms with Crippen LogP contribution in [0.4, 0.5) is 8.78 Å². The molecule has 0 bridgehead atoms. The summed E-state index contributed by atoms with van der Waals surface area (Å²) >= 11 is 0. The normalized spacial score (nSPS) is 17.1. The predicted octanol–water partition coefficient (Wildman–Crippen LogP) is 5.11. The van der Waals surface area contributed by atoms with Crippen LogP contribution in [0.15, 0.2) is 54.6 Å². The fourth-order valence-corrected chi connectivity index (χ4v) is 5.65. The molecule has 2 aliphatic rings. The van der Waals surface area contributed by atoms with Gasteiger partial charge in [-0.2, -0.15) is 0 Å². The van der Waals surface area contributed by atoms with Gasteiger partial charge in [-0.15, -0.1) is 0 Å².